The van der Waals surface area contributed by atoms with Crippen LogP contribution >= 0.6 is 0 Å². The number of hydrogen-bond donors (Lipinski definition) is 0. The van der Waals surface area contributed by atoms with E-state index in [-0.39, 0.29) is 11.0 Å². The highest BCUT2D eigenvalue weighted by Crippen LogP contribution is 2.45. The molecule has 1 aliphatic rings. The molecule has 0 N–H and O–H groups in total. The minimum absolute atomic E-state index is 0.0541. The first-order chi connectivity index (χ1) is 11.8. The van der Waals surface area contributed by atoms with E-state index in [0.29, 0.717) is 0 Å². The van der Waals surface area contributed by atoms with Crippen LogP contribution in [-0.4, -0.2) is 21.4 Å². The quantitative estimate of drug-likeness (QED) is 0.640. The zero-order valence-corrected chi connectivity index (χ0v) is 15.5. The van der Waals surface area contributed by atoms with Gasteiger partial charge in [0.05, 0.1) is 16.8 Å². The van der Waals surface area contributed by atoms with Crippen LogP contribution in [0.1, 0.15) is 50.1 Å². The molecule has 126 valence electrons. The fourth-order valence-corrected chi connectivity index (χ4v) is 3.78. The summed E-state index contributed by atoms with van der Waals surface area (Å²) in [6.07, 6.45) is 0. The number of hydrogen-bond acceptors (Lipinski definition) is 3. The molecule has 3 nitrogen and oxygen atoms in total. The number of fused-ring (bicyclic) bond motifs is 2. The lowest BCUT2D eigenvalue weighted by molar-refractivity contribution is 0.302. The Hall–Kier alpha value is -2.55. The summed E-state index contributed by atoms with van der Waals surface area (Å²) >= 11 is 0. The van der Waals surface area contributed by atoms with Gasteiger partial charge in [0.25, 0.3) is 0 Å². The molecule has 4 rings (SSSR count). The molecule has 3 heteroatoms. The predicted molar refractivity (Wildman–Crippen MR) is 103 cm³/mol. The first-order valence-electron chi connectivity index (χ1n) is 8.74. The zero-order chi connectivity index (χ0) is 17.8. The van der Waals surface area contributed by atoms with Gasteiger partial charge in [-0.2, -0.15) is 0 Å². The van der Waals surface area contributed by atoms with Gasteiger partial charge < -0.3 is 0 Å². The summed E-state index contributed by atoms with van der Waals surface area (Å²) in [5, 5.41) is 9.99. The number of aromatic nitrogens is 2. The van der Waals surface area contributed by atoms with E-state index in [9.17, 15) is 0 Å². The third kappa shape index (κ3) is 2.30. The highest BCUT2D eigenvalue weighted by molar-refractivity contribution is 6.14. The van der Waals surface area contributed by atoms with E-state index in [0.717, 1.165) is 22.3 Å². The van der Waals surface area contributed by atoms with E-state index in [2.05, 4.69) is 75.1 Å². The number of aryl methyl sites for hydroxylation is 1. The van der Waals surface area contributed by atoms with Gasteiger partial charge in [-0.1, -0.05) is 50.2 Å². The molecule has 2 aromatic carbocycles. The van der Waals surface area contributed by atoms with E-state index >= 15 is 0 Å². The summed E-state index contributed by atoms with van der Waals surface area (Å²) in [5.74, 6) is 0. The minimum Gasteiger partial charge on any atom is -0.275 e. The second-order valence-corrected chi connectivity index (χ2v) is 7.93. The Morgan fingerprint density at radius 2 is 1.60 bits per heavy atom. The van der Waals surface area contributed by atoms with Gasteiger partial charge in [0.15, 0.2) is 0 Å². The van der Waals surface area contributed by atoms with Gasteiger partial charge in [0, 0.05) is 16.4 Å². The lowest BCUT2D eigenvalue weighted by Crippen LogP contribution is -2.46. The molecule has 0 aliphatic carbocycles. The minimum atomic E-state index is -0.227. The predicted octanol–water partition coefficient (Wildman–Crippen LogP) is 4.85. The fourth-order valence-electron chi connectivity index (χ4n) is 3.78. The van der Waals surface area contributed by atoms with Crippen LogP contribution in [0.15, 0.2) is 53.5 Å². The van der Waals surface area contributed by atoms with Crippen molar-refractivity contribution in [2.24, 2.45) is 4.99 Å². The average Bonchev–Trinajstić information content (AvgIpc) is 2.58. The van der Waals surface area contributed by atoms with Crippen LogP contribution in [0.4, 0.5) is 0 Å². The van der Waals surface area contributed by atoms with Crippen molar-refractivity contribution in [3.63, 3.8) is 0 Å². The summed E-state index contributed by atoms with van der Waals surface area (Å²) in [4.78, 5) is 5.14. The van der Waals surface area contributed by atoms with Crippen LogP contribution in [0.25, 0.3) is 10.9 Å². The third-order valence-electron chi connectivity index (χ3n) is 5.81. The van der Waals surface area contributed by atoms with Crippen LogP contribution in [0.5, 0.6) is 0 Å². The number of rotatable bonds is 1. The van der Waals surface area contributed by atoms with Crippen molar-refractivity contribution in [1.29, 1.82) is 0 Å². The van der Waals surface area contributed by atoms with Crippen molar-refractivity contribution < 1.29 is 0 Å². The normalized spacial score (nSPS) is 17.9. The molecule has 0 unspecified atom stereocenters. The van der Waals surface area contributed by atoms with E-state index in [1.54, 1.807) is 0 Å². The maximum Gasteiger partial charge on any atom is 0.112 e. The summed E-state index contributed by atoms with van der Waals surface area (Å²) in [6.45, 7) is 11.2. The Labute approximate surface area is 148 Å². The van der Waals surface area contributed by atoms with E-state index in [1.807, 2.05) is 18.2 Å². The molecule has 0 bridgehead atoms. The zero-order valence-electron chi connectivity index (χ0n) is 15.5. The second kappa shape index (κ2) is 5.22. The molecule has 1 aliphatic heterocycles. The van der Waals surface area contributed by atoms with Crippen LogP contribution in [0.3, 0.4) is 0 Å². The van der Waals surface area contributed by atoms with Crippen LogP contribution in [-0.2, 0) is 5.41 Å². The number of nitrogens with zero attached hydrogens (tertiary/aromatic N) is 3. The second-order valence-electron chi connectivity index (χ2n) is 7.93. The maximum atomic E-state index is 5.14. The van der Waals surface area contributed by atoms with E-state index < -0.39 is 0 Å². The highest BCUT2D eigenvalue weighted by Gasteiger charge is 2.44. The van der Waals surface area contributed by atoms with Crippen molar-refractivity contribution in [2.75, 3.05) is 0 Å². The lowest BCUT2D eigenvalue weighted by atomic mass is 9.64. The van der Waals surface area contributed by atoms with Gasteiger partial charge in [0.2, 0.25) is 0 Å². The SMILES string of the molecule is Cc1cccc2c1C(C)(C)C(C)(C)N=C2c1cc2ccccc2nn1. The molecule has 0 spiro atoms. The Morgan fingerprint density at radius 3 is 2.40 bits per heavy atom. The fraction of sp³-hybridized carbons (Fsp3) is 0.318. The van der Waals surface area contributed by atoms with Gasteiger partial charge in [-0.15, -0.1) is 10.2 Å². The summed E-state index contributed by atoms with van der Waals surface area (Å²) in [5.41, 5.74) is 6.25. The molecule has 25 heavy (non-hydrogen) atoms. The Bertz CT molecular complexity index is 1010. The molecular weight excluding hydrogens is 306 g/mol. The molecule has 2 heterocycles. The highest BCUT2D eigenvalue weighted by atomic mass is 15.1. The van der Waals surface area contributed by atoms with Gasteiger partial charge in [-0.3, -0.25) is 4.99 Å². The molecule has 0 atom stereocenters. The Morgan fingerprint density at radius 1 is 0.840 bits per heavy atom. The van der Waals surface area contributed by atoms with E-state index in [1.165, 1.54) is 16.7 Å². The largest absolute Gasteiger partial charge is 0.275 e. The first-order valence-corrected chi connectivity index (χ1v) is 8.74. The standard InChI is InChI=1S/C22H23N3/c1-14-9-8-11-16-19(14)21(2,3)22(4,5)23-20(16)18-13-15-10-6-7-12-17(15)24-25-18/h6-13H,1-5H3. The molecule has 3 aromatic rings. The van der Waals surface area contributed by atoms with Crippen molar-refractivity contribution >= 4 is 16.6 Å². The van der Waals surface area contributed by atoms with Crippen molar-refractivity contribution in [3.05, 3.63) is 70.9 Å². The van der Waals surface area contributed by atoms with Crippen LogP contribution in [0, 0.1) is 6.92 Å². The number of benzene rings is 2. The molecule has 0 saturated heterocycles. The molecule has 0 saturated carbocycles. The Balaban J connectivity index is 2.00. The van der Waals surface area contributed by atoms with Gasteiger partial charge in [-0.05, 0) is 44.0 Å². The summed E-state index contributed by atoms with van der Waals surface area (Å²) < 4.78 is 0. The first kappa shape index (κ1) is 15.9. The van der Waals surface area contributed by atoms with Gasteiger partial charge in [0.1, 0.15) is 5.69 Å². The molecule has 0 amide bonds. The lowest BCUT2D eigenvalue weighted by Gasteiger charge is -2.45. The molecular formula is C22H23N3. The topological polar surface area (TPSA) is 38.1 Å². The van der Waals surface area contributed by atoms with Crippen LogP contribution < -0.4 is 0 Å². The number of aliphatic imine (C=N–C) groups is 1. The van der Waals surface area contributed by atoms with E-state index in [4.69, 9.17) is 4.99 Å². The van der Waals surface area contributed by atoms with Crippen molar-refractivity contribution in [2.45, 2.75) is 45.6 Å². The molecule has 0 fully saturated rings. The maximum absolute atomic E-state index is 5.14. The monoisotopic (exact) mass is 329 g/mol. The smallest absolute Gasteiger partial charge is 0.112 e. The molecule has 1 aromatic heterocycles. The summed E-state index contributed by atoms with van der Waals surface area (Å²) in [7, 11) is 0. The van der Waals surface area contributed by atoms with Gasteiger partial charge >= 0.3 is 0 Å². The Kier molecular flexibility index (Phi) is 3.33. The van der Waals surface area contributed by atoms with Crippen molar-refractivity contribution in [1.82, 2.24) is 10.2 Å². The molecule has 0 radical (unpaired) electrons. The third-order valence-corrected chi connectivity index (χ3v) is 5.81. The van der Waals surface area contributed by atoms with Gasteiger partial charge in [-0.25, -0.2) is 0 Å². The summed E-state index contributed by atoms with van der Waals surface area (Å²) in [6, 6.07) is 16.6. The van der Waals surface area contributed by atoms with Crippen molar-refractivity contribution in [3.8, 4) is 0 Å². The average molecular weight is 329 g/mol. The van der Waals surface area contributed by atoms with Crippen LogP contribution in [0.2, 0.25) is 0 Å².